The molecule has 0 saturated carbocycles. The van der Waals surface area contributed by atoms with Crippen LogP contribution in [-0.2, 0) is 14.4 Å². The lowest BCUT2D eigenvalue weighted by Crippen LogP contribution is -2.31. The van der Waals surface area contributed by atoms with E-state index < -0.39 is 34.4 Å². The van der Waals surface area contributed by atoms with Gasteiger partial charge in [-0.3, -0.25) is 24.5 Å². The SMILES string of the molecule is COc1ccc(OC)c([C@@H]2C(=C(O)c3ccc([N+](=O)[O-])cc3)C(=O)C(=O)N2CCCCCC(=O)O)c1. The Balaban J connectivity index is 2.09. The molecule has 11 nitrogen and oxygen atoms in total. The maximum Gasteiger partial charge on any atom is 0.303 e. The van der Waals surface area contributed by atoms with Crippen molar-refractivity contribution in [3.63, 3.8) is 0 Å². The Labute approximate surface area is 206 Å². The van der Waals surface area contributed by atoms with Gasteiger partial charge in [-0.25, -0.2) is 0 Å². The molecule has 1 fully saturated rings. The van der Waals surface area contributed by atoms with Gasteiger partial charge in [-0.15, -0.1) is 0 Å². The van der Waals surface area contributed by atoms with E-state index in [1.54, 1.807) is 18.2 Å². The number of unbranched alkanes of at least 4 members (excludes halogenated alkanes) is 2. The van der Waals surface area contributed by atoms with Crippen LogP contribution in [0.15, 0.2) is 48.0 Å². The van der Waals surface area contributed by atoms with Crippen molar-refractivity contribution in [3.05, 3.63) is 69.3 Å². The summed E-state index contributed by atoms with van der Waals surface area (Å²) in [5, 5.41) is 31.0. The minimum Gasteiger partial charge on any atom is -0.507 e. The molecule has 0 spiro atoms. The molecule has 1 amide bonds. The minimum atomic E-state index is -1.02. The number of rotatable bonds is 11. The van der Waals surface area contributed by atoms with Gasteiger partial charge in [0.15, 0.2) is 0 Å². The molecule has 1 heterocycles. The second-order valence-corrected chi connectivity index (χ2v) is 8.11. The Morgan fingerprint density at radius 2 is 1.72 bits per heavy atom. The lowest BCUT2D eigenvalue weighted by Gasteiger charge is -2.27. The number of non-ortho nitro benzene ring substituents is 1. The van der Waals surface area contributed by atoms with E-state index in [-0.39, 0.29) is 29.8 Å². The average Bonchev–Trinajstić information content (AvgIpc) is 3.12. The largest absolute Gasteiger partial charge is 0.507 e. The predicted octanol–water partition coefficient (Wildman–Crippen LogP) is 3.68. The summed E-state index contributed by atoms with van der Waals surface area (Å²) in [7, 11) is 2.89. The smallest absolute Gasteiger partial charge is 0.303 e. The topological polar surface area (TPSA) is 157 Å². The summed E-state index contributed by atoms with van der Waals surface area (Å²) < 4.78 is 10.8. The van der Waals surface area contributed by atoms with Crippen LogP contribution in [0.4, 0.5) is 5.69 Å². The van der Waals surface area contributed by atoms with Crippen LogP contribution in [0.25, 0.3) is 5.76 Å². The summed E-state index contributed by atoms with van der Waals surface area (Å²) in [6.07, 6.45) is 1.35. The Kier molecular flexibility index (Phi) is 8.26. The van der Waals surface area contributed by atoms with Crippen molar-refractivity contribution in [2.75, 3.05) is 20.8 Å². The number of carbonyl (C=O) groups is 3. The molecule has 0 radical (unpaired) electrons. The number of ketones is 1. The maximum atomic E-state index is 13.2. The number of Topliss-reactive ketones (excluding diaryl/α,β-unsaturated/α-hetero) is 1. The van der Waals surface area contributed by atoms with Crippen molar-refractivity contribution in [1.82, 2.24) is 4.90 Å². The molecule has 1 aliphatic rings. The molecular formula is C25H26N2O9. The zero-order valence-electron chi connectivity index (χ0n) is 19.8. The first kappa shape index (κ1) is 26.2. The molecule has 0 bridgehead atoms. The summed E-state index contributed by atoms with van der Waals surface area (Å²) in [5.74, 6) is -2.34. The second kappa shape index (κ2) is 11.3. The zero-order chi connectivity index (χ0) is 26.4. The number of aliphatic carboxylic acids is 1. The Morgan fingerprint density at radius 3 is 2.31 bits per heavy atom. The standard InChI is InChI=1S/C25H26N2O9/c1-35-17-11-12-19(36-2)18(14-17)22-21(23(30)15-7-9-16(10-8-15)27(33)34)24(31)25(32)26(22)13-5-3-4-6-20(28)29/h7-12,14,22,30H,3-6,13H2,1-2H3,(H,28,29)/t22-/m1/s1. The molecular weight excluding hydrogens is 472 g/mol. The van der Waals surface area contributed by atoms with Gasteiger partial charge in [0.1, 0.15) is 17.3 Å². The van der Waals surface area contributed by atoms with Crippen LogP contribution >= 0.6 is 0 Å². The molecule has 2 N–H and O–H groups in total. The van der Waals surface area contributed by atoms with E-state index in [1.165, 1.54) is 43.4 Å². The first-order valence-corrected chi connectivity index (χ1v) is 11.2. The van der Waals surface area contributed by atoms with Gasteiger partial charge in [-0.1, -0.05) is 6.42 Å². The number of carboxylic acids is 1. The van der Waals surface area contributed by atoms with Crippen LogP contribution in [-0.4, -0.2) is 58.5 Å². The number of aliphatic hydroxyl groups is 1. The summed E-state index contributed by atoms with van der Waals surface area (Å²) in [4.78, 5) is 48.7. The monoisotopic (exact) mass is 498 g/mol. The number of amides is 1. The van der Waals surface area contributed by atoms with E-state index in [0.717, 1.165) is 0 Å². The van der Waals surface area contributed by atoms with Gasteiger partial charge in [0.2, 0.25) is 0 Å². The van der Waals surface area contributed by atoms with Crippen molar-refractivity contribution in [2.45, 2.75) is 31.7 Å². The van der Waals surface area contributed by atoms with Gasteiger partial charge >= 0.3 is 5.97 Å². The number of carboxylic acid groups (broad SMARTS) is 1. The number of nitrogens with zero attached hydrogens (tertiary/aromatic N) is 2. The average molecular weight is 498 g/mol. The zero-order valence-corrected chi connectivity index (χ0v) is 19.8. The van der Waals surface area contributed by atoms with Crippen LogP contribution in [0.5, 0.6) is 11.5 Å². The summed E-state index contributed by atoms with van der Waals surface area (Å²) in [5.41, 5.74) is 0.155. The Bertz CT molecular complexity index is 1200. The van der Waals surface area contributed by atoms with E-state index in [4.69, 9.17) is 14.6 Å². The number of benzene rings is 2. The van der Waals surface area contributed by atoms with E-state index in [2.05, 4.69) is 0 Å². The maximum absolute atomic E-state index is 13.2. The van der Waals surface area contributed by atoms with Gasteiger partial charge in [-0.05, 0) is 43.2 Å². The van der Waals surface area contributed by atoms with Crippen LogP contribution < -0.4 is 9.47 Å². The lowest BCUT2D eigenvalue weighted by molar-refractivity contribution is -0.384. The lowest BCUT2D eigenvalue weighted by atomic mass is 9.94. The van der Waals surface area contributed by atoms with Crippen molar-refractivity contribution in [2.24, 2.45) is 0 Å². The number of methoxy groups -OCH3 is 2. The van der Waals surface area contributed by atoms with E-state index >= 15 is 0 Å². The van der Waals surface area contributed by atoms with Crippen LogP contribution in [0, 0.1) is 10.1 Å². The molecule has 0 unspecified atom stereocenters. The van der Waals surface area contributed by atoms with Crippen LogP contribution in [0.1, 0.15) is 42.9 Å². The molecule has 190 valence electrons. The molecule has 1 atom stereocenters. The number of aliphatic hydroxyl groups excluding tert-OH is 1. The number of carbonyl (C=O) groups excluding carboxylic acids is 2. The van der Waals surface area contributed by atoms with E-state index in [0.29, 0.717) is 36.3 Å². The van der Waals surface area contributed by atoms with Gasteiger partial charge in [0.25, 0.3) is 17.4 Å². The highest BCUT2D eigenvalue weighted by molar-refractivity contribution is 6.46. The van der Waals surface area contributed by atoms with Crippen molar-refractivity contribution in [3.8, 4) is 11.5 Å². The molecule has 1 aliphatic heterocycles. The fourth-order valence-electron chi connectivity index (χ4n) is 4.12. The molecule has 11 heteroatoms. The highest BCUT2D eigenvalue weighted by atomic mass is 16.6. The third-order valence-corrected chi connectivity index (χ3v) is 5.91. The molecule has 36 heavy (non-hydrogen) atoms. The normalized spacial score (nSPS) is 16.7. The molecule has 1 saturated heterocycles. The molecule has 0 aliphatic carbocycles. The number of nitro groups is 1. The number of likely N-dealkylation sites (tertiary alicyclic amines) is 1. The number of nitro benzene ring substituents is 1. The highest BCUT2D eigenvalue weighted by Crippen LogP contribution is 2.44. The second-order valence-electron chi connectivity index (χ2n) is 8.11. The number of hydrogen-bond donors (Lipinski definition) is 2. The number of hydrogen-bond acceptors (Lipinski definition) is 8. The van der Waals surface area contributed by atoms with Gasteiger partial charge in [-0.2, -0.15) is 0 Å². The first-order chi connectivity index (χ1) is 17.2. The Morgan fingerprint density at radius 1 is 1.03 bits per heavy atom. The minimum absolute atomic E-state index is 0.00784. The quantitative estimate of drug-likeness (QED) is 0.118. The van der Waals surface area contributed by atoms with Crippen molar-refractivity contribution in [1.29, 1.82) is 0 Å². The molecule has 0 aromatic heterocycles. The summed E-state index contributed by atoms with van der Waals surface area (Å²) >= 11 is 0. The van der Waals surface area contributed by atoms with Gasteiger partial charge in [0, 0.05) is 36.2 Å². The first-order valence-electron chi connectivity index (χ1n) is 11.2. The van der Waals surface area contributed by atoms with Gasteiger partial charge < -0.3 is 24.6 Å². The Hall–Kier alpha value is -4.41. The van der Waals surface area contributed by atoms with Crippen molar-refractivity contribution >= 4 is 29.1 Å². The third-order valence-electron chi connectivity index (χ3n) is 5.91. The van der Waals surface area contributed by atoms with Gasteiger partial charge in [0.05, 0.1) is 30.8 Å². The summed E-state index contributed by atoms with van der Waals surface area (Å²) in [6.45, 7) is 0.131. The third kappa shape index (κ3) is 5.45. The molecule has 2 aromatic rings. The predicted molar refractivity (Wildman–Crippen MR) is 128 cm³/mol. The summed E-state index contributed by atoms with van der Waals surface area (Å²) in [6, 6.07) is 8.83. The fourth-order valence-corrected chi connectivity index (χ4v) is 4.12. The fraction of sp³-hybridized carbons (Fsp3) is 0.320. The van der Waals surface area contributed by atoms with Crippen molar-refractivity contribution < 1.29 is 39.0 Å². The number of ether oxygens (including phenoxy) is 2. The highest BCUT2D eigenvalue weighted by Gasteiger charge is 2.47. The van der Waals surface area contributed by atoms with Crippen LogP contribution in [0.2, 0.25) is 0 Å². The molecule has 3 rings (SSSR count). The van der Waals surface area contributed by atoms with E-state index in [1.807, 2.05) is 0 Å². The van der Waals surface area contributed by atoms with Crippen LogP contribution in [0.3, 0.4) is 0 Å². The molecule has 2 aromatic carbocycles. The van der Waals surface area contributed by atoms with E-state index in [9.17, 15) is 29.6 Å².